The average Bonchev–Trinajstić information content (AvgIpc) is 3.13. The average molecular weight is 446 g/mol. The number of benzene rings is 2. The second kappa shape index (κ2) is 5.94. The summed E-state index contributed by atoms with van der Waals surface area (Å²) in [6.07, 6.45) is 0. The van der Waals surface area contributed by atoms with Crippen LogP contribution in [0.4, 0.5) is 4.39 Å². The smallest absolute Gasteiger partial charge is 0.126 e. The lowest BCUT2D eigenvalue weighted by Gasteiger charge is -2.15. The Morgan fingerprint density at radius 1 is 1.16 bits per heavy atom. The van der Waals surface area contributed by atoms with Crippen LogP contribution in [0.15, 0.2) is 35.3 Å². The summed E-state index contributed by atoms with van der Waals surface area (Å²) < 4.78 is 17.3. The van der Waals surface area contributed by atoms with Crippen LogP contribution in [0.2, 0.25) is 0 Å². The van der Waals surface area contributed by atoms with Crippen LogP contribution in [0, 0.1) is 16.3 Å². The van der Waals surface area contributed by atoms with E-state index in [-0.39, 0.29) is 5.82 Å². The van der Waals surface area contributed by atoms with Gasteiger partial charge < -0.3 is 4.57 Å². The van der Waals surface area contributed by atoms with E-state index in [1.807, 2.05) is 19.1 Å². The van der Waals surface area contributed by atoms with Crippen LogP contribution in [-0.2, 0) is 6.54 Å². The molecule has 1 aromatic heterocycles. The molecule has 0 saturated heterocycles. The topological polar surface area (TPSA) is 17.3 Å². The molecule has 0 unspecified atom stereocenters. The summed E-state index contributed by atoms with van der Waals surface area (Å²) in [4.78, 5) is 4.61. The second-order valence-electron chi connectivity index (χ2n) is 7.04. The van der Waals surface area contributed by atoms with Crippen LogP contribution in [0.25, 0.3) is 16.6 Å². The highest BCUT2D eigenvalue weighted by Gasteiger charge is 2.22. The Morgan fingerprint density at radius 3 is 2.60 bits per heavy atom. The fourth-order valence-corrected chi connectivity index (χ4v) is 4.50. The maximum Gasteiger partial charge on any atom is 0.126 e. The Kier molecular flexibility index (Phi) is 3.98. The normalized spacial score (nSPS) is 13.6. The molecule has 0 saturated carbocycles. The summed E-state index contributed by atoms with van der Waals surface area (Å²) in [7, 11) is 0. The molecule has 1 aliphatic heterocycles. The molecule has 2 aromatic carbocycles. The molecule has 128 valence electrons. The molecule has 3 aromatic rings. The summed E-state index contributed by atoms with van der Waals surface area (Å²) in [5, 5.41) is 1.26. The quantitative estimate of drug-likeness (QED) is 0.422. The Morgan fingerprint density at radius 2 is 1.92 bits per heavy atom. The van der Waals surface area contributed by atoms with Crippen LogP contribution in [0.1, 0.15) is 49.1 Å². The zero-order valence-corrected chi connectivity index (χ0v) is 17.0. The standard InChI is InChI=1S/C21H20FIN2/c1-11(2)19-9-16-20(8-15-13(4)24-10-17(15)21(16)23)25(19)14-5-6-18(22)12(3)7-14/h5-9,11H,10H2,1-4H3. The maximum absolute atomic E-state index is 13.8. The van der Waals surface area contributed by atoms with Crippen molar-refractivity contribution in [3.05, 3.63) is 62.1 Å². The highest BCUT2D eigenvalue weighted by molar-refractivity contribution is 14.1. The SMILES string of the molecule is CC1=NCc2c1cc1c(cc(C(C)C)n1-c1ccc(F)c(C)c1)c2I. The van der Waals surface area contributed by atoms with Gasteiger partial charge >= 0.3 is 0 Å². The Labute approximate surface area is 160 Å². The first-order valence-electron chi connectivity index (χ1n) is 8.53. The third-order valence-corrected chi connectivity index (χ3v) is 6.26. The van der Waals surface area contributed by atoms with E-state index in [2.05, 4.69) is 65.1 Å². The lowest BCUT2D eigenvalue weighted by atomic mass is 10.0. The lowest BCUT2D eigenvalue weighted by Crippen LogP contribution is -2.03. The van der Waals surface area contributed by atoms with Gasteiger partial charge in [0.2, 0.25) is 0 Å². The molecule has 2 heterocycles. The molecule has 2 nitrogen and oxygen atoms in total. The number of hydrogen-bond acceptors (Lipinski definition) is 1. The molecule has 0 aliphatic carbocycles. The Hall–Kier alpha value is -1.69. The molecule has 4 heteroatoms. The van der Waals surface area contributed by atoms with Gasteiger partial charge in [-0.2, -0.15) is 0 Å². The summed E-state index contributed by atoms with van der Waals surface area (Å²) >= 11 is 2.45. The molecule has 0 N–H and O–H groups in total. The monoisotopic (exact) mass is 446 g/mol. The van der Waals surface area contributed by atoms with Crippen LogP contribution in [0.5, 0.6) is 0 Å². The minimum Gasteiger partial charge on any atom is -0.313 e. The van der Waals surface area contributed by atoms with E-state index < -0.39 is 0 Å². The van der Waals surface area contributed by atoms with Crippen LogP contribution in [0.3, 0.4) is 0 Å². The molecule has 0 bridgehead atoms. The van der Waals surface area contributed by atoms with Crippen molar-refractivity contribution < 1.29 is 4.39 Å². The Bertz CT molecular complexity index is 1040. The molecular weight excluding hydrogens is 426 g/mol. The van der Waals surface area contributed by atoms with Gasteiger partial charge in [0.05, 0.1) is 12.1 Å². The van der Waals surface area contributed by atoms with Gasteiger partial charge in [-0.25, -0.2) is 4.39 Å². The van der Waals surface area contributed by atoms with Gasteiger partial charge in [-0.05, 0) is 83.8 Å². The number of nitrogens with zero attached hydrogens (tertiary/aromatic N) is 2. The predicted octanol–water partition coefficient (Wildman–Crippen LogP) is 6.13. The molecule has 0 spiro atoms. The van der Waals surface area contributed by atoms with Gasteiger partial charge in [-0.3, -0.25) is 4.99 Å². The van der Waals surface area contributed by atoms with Crippen LogP contribution in [-0.4, -0.2) is 10.3 Å². The number of aryl methyl sites for hydroxylation is 1. The van der Waals surface area contributed by atoms with E-state index in [4.69, 9.17) is 0 Å². The first-order chi connectivity index (χ1) is 11.9. The fourth-order valence-electron chi connectivity index (χ4n) is 3.61. The van der Waals surface area contributed by atoms with Gasteiger partial charge in [0.25, 0.3) is 0 Å². The molecule has 1 aliphatic rings. The van der Waals surface area contributed by atoms with E-state index in [0.717, 1.165) is 17.9 Å². The summed E-state index contributed by atoms with van der Waals surface area (Å²) in [6, 6.07) is 9.90. The number of fused-ring (bicyclic) bond motifs is 2. The van der Waals surface area contributed by atoms with Crippen molar-refractivity contribution in [1.29, 1.82) is 0 Å². The summed E-state index contributed by atoms with van der Waals surface area (Å²) in [5.41, 5.74) is 7.78. The van der Waals surface area contributed by atoms with Crippen molar-refractivity contribution in [1.82, 2.24) is 4.57 Å². The third kappa shape index (κ3) is 2.53. The predicted molar refractivity (Wildman–Crippen MR) is 111 cm³/mol. The summed E-state index contributed by atoms with van der Waals surface area (Å²) in [5.74, 6) is 0.211. The first kappa shape index (κ1) is 16.8. The zero-order chi connectivity index (χ0) is 17.9. The van der Waals surface area contributed by atoms with E-state index in [9.17, 15) is 4.39 Å². The van der Waals surface area contributed by atoms with Gasteiger partial charge in [0.15, 0.2) is 0 Å². The lowest BCUT2D eigenvalue weighted by molar-refractivity contribution is 0.618. The van der Waals surface area contributed by atoms with Crippen molar-refractivity contribution in [3.63, 3.8) is 0 Å². The van der Waals surface area contributed by atoms with Crippen molar-refractivity contribution in [3.8, 4) is 5.69 Å². The van der Waals surface area contributed by atoms with E-state index >= 15 is 0 Å². The Balaban J connectivity index is 2.09. The molecular formula is C21H20FIN2. The van der Waals surface area contributed by atoms with Crippen molar-refractivity contribution in [2.75, 3.05) is 0 Å². The van der Waals surface area contributed by atoms with Crippen molar-refractivity contribution >= 4 is 39.2 Å². The van der Waals surface area contributed by atoms with E-state index in [1.54, 1.807) is 6.07 Å². The fraction of sp³-hybridized carbons (Fsp3) is 0.286. The highest BCUT2D eigenvalue weighted by atomic mass is 127. The van der Waals surface area contributed by atoms with Crippen LogP contribution < -0.4 is 0 Å². The molecule has 4 rings (SSSR count). The number of aromatic nitrogens is 1. The minimum atomic E-state index is -0.162. The number of halogens is 2. The van der Waals surface area contributed by atoms with E-state index in [1.165, 1.54) is 31.3 Å². The molecule has 0 amide bonds. The van der Waals surface area contributed by atoms with Gasteiger partial charge in [0, 0.05) is 31.6 Å². The number of aliphatic imine (C=N–C) groups is 1. The highest BCUT2D eigenvalue weighted by Crippen LogP contribution is 2.37. The number of hydrogen-bond donors (Lipinski definition) is 0. The zero-order valence-electron chi connectivity index (χ0n) is 14.8. The molecule has 0 atom stereocenters. The van der Waals surface area contributed by atoms with Gasteiger partial charge in [0.1, 0.15) is 5.82 Å². The molecule has 0 radical (unpaired) electrons. The first-order valence-corrected chi connectivity index (χ1v) is 9.61. The minimum absolute atomic E-state index is 0.162. The van der Waals surface area contributed by atoms with Gasteiger partial charge in [-0.15, -0.1) is 0 Å². The summed E-state index contributed by atoms with van der Waals surface area (Å²) in [6.45, 7) is 9.07. The molecule has 25 heavy (non-hydrogen) atoms. The number of rotatable bonds is 2. The van der Waals surface area contributed by atoms with Crippen LogP contribution >= 0.6 is 22.6 Å². The maximum atomic E-state index is 13.8. The van der Waals surface area contributed by atoms with Gasteiger partial charge in [-0.1, -0.05) is 13.8 Å². The molecule has 0 fully saturated rings. The third-order valence-electron chi connectivity index (χ3n) is 5.03. The van der Waals surface area contributed by atoms with Crippen molar-refractivity contribution in [2.45, 2.75) is 40.2 Å². The second-order valence-corrected chi connectivity index (χ2v) is 8.12. The largest absolute Gasteiger partial charge is 0.313 e. The van der Waals surface area contributed by atoms with Crippen molar-refractivity contribution in [2.24, 2.45) is 4.99 Å². The van der Waals surface area contributed by atoms with E-state index in [0.29, 0.717) is 11.5 Å².